The molecule has 3 aromatic rings. The van der Waals surface area contributed by atoms with Crippen molar-refractivity contribution in [3.8, 4) is 11.3 Å². The van der Waals surface area contributed by atoms with Crippen molar-refractivity contribution in [2.45, 2.75) is 13.5 Å². The van der Waals surface area contributed by atoms with Crippen LogP contribution in [0.4, 0.5) is 10.9 Å². The highest BCUT2D eigenvalue weighted by Gasteiger charge is 2.13. The molecule has 1 saturated heterocycles. The van der Waals surface area contributed by atoms with Gasteiger partial charge in [-0.3, -0.25) is 4.90 Å². The summed E-state index contributed by atoms with van der Waals surface area (Å²) in [7, 11) is 0. The number of piperazine rings is 1. The van der Waals surface area contributed by atoms with Crippen LogP contribution < -0.4 is 10.6 Å². The summed E-state index contributed by atoms with van der Waals surface area (Å²) in [5.74, 6) is 0.853. The molecule has 0 radical (unpaired) electrons. The van der Waals surface area contributed by atoms with Crippen molar-refractivity contribution < 1.29 is 0 Å². The molecule has 0 saturated carbocycles. The molecule has 2 N–H and O–H groups in total. The highest BCUT2D eigenvalue weighted by molar-refractivity contribution is 14.1. The summed E-state index contributed by atoms with van der Waals surface area (Å²) in [6.45, 7) is 7.27. The second-order valence-electron chi connectivity index (χ2n) is 6.68. The molecule has 1 aromatic carbocycles. The van der Waals surface area contributed by atoms with Crippen molar-refractivity contribution in [1.29, 1.82) is 0 Å². The molecule has 1 aliphatic rings. The zero-order valence-electron chi connectivity index (χ0n) is 15.2. The fraction of sp³-hybridized carbons (Fsp3) is 0.300. The first-order chi connectivity index (χ1) is 13.2. The zero-order chi connectivity index (χ0) is 18.6. The third-order valence-electron chi connectivity index (χ3n) is 4.48. The highest BCUT2D eigenvalue weighted by atomic mass is 127. The first kappa shape index (κ1) is 18.8. The van der Waals surface area contributed by atoms with E-state index in [-0.39, 0.29) is 0 Å². The highest BCUT2D eigenvalue weighted by Crippen LogP contribution is 2.27. The van der Waals surface area contributed by atoms with Crippen LogP contribution in [-0.4, -0.2) is 41.0 Å². The number of hydrogen-bond donors (Lipinski definition) is 2. The van der Waals surface area contributed by atoms with E-state index < -0.39 is 0 Å². The quantitative estimate of drug-likeness (QED) is 0.523. The number of benzene rings is 1. The molecule has 0 spiro atoms. The van der Waals surface area contributed by atoms with E-state index in [0.29, 0.717) is 0 Å². The zero-order valence-corrected chi connectivity index (χ0v) is 18.2. The van der Waals surface area contributed by atoms with E-state index in [1.54, 1.807) is 11.3 Å². The molecule has 0 atom stereocenters. The van der Waals surface area contributed by atoms with Gasteiger partial charge >= 0.3 is 0 Å². The van der Waals surface area contributed by atoms with Crippen LogP contribution in [0.25, 0.3) is 11.3 Å². The first-order valence-corrected chi connectivity index (χ1v) is 10.9. The molecule has 5 nitrogen and oxygen atoms in total. The molecule has 3 heterocycles. The van der Waals surface area contributed by atoms with Crippen LogP contribution in [0.1, 0.15) is 10.4 Å². The minimum atomic E-state index is 0.853. The minimum absolute atomic E-state index is 0.853. The third kappa shape index (κ3) is 5.04. The van der Waals surface area contributed by atoms with Gasteiger partial charge in [0.1, 0.15) is 5.82 Å². The summed E-state index contributed by atoms with van der Waals surface area (Å²) in [6.07, 6.45) is 1.89. The summed E-state index contributed by atoms with van der Waals surface area (Å²) in [5, 5.41) is 7.69. The average molecular weight is 491 g/mol. The predicted molar refractivity (Wildman–Crippen MR) is 121 cm³/mol. The van der Waals surface area contributed by atoms with Gasteiger partial charge in [0.15, 0.2) is 5.13 Å². The molecule has 0 unspecified atom stereocenters. The van der Waals surface area contributed by atoms with Gasteiger partial charge in [0.2, 0.25) is 0 Å². The molecule has 27 heavy (non-hydrogen) atoms. The molecule has 1 aliphatic heterocycles. The van der Waals surface area contributed by atoms with Gasteiger partial charge in [-0.15, -0.1) is 11.3 Å². The van der Waals surface area contributed by atoms with Crippen LogP contribution in [0.15, 0.2) is 42.6 Å². The summed E-state index contributed by atoms with van der Waals surface area (Å²) in [6, 6.07) is 12.8. The third-order valence-corrected chi connectivity index (χ3v) is 5.98. The van der Waals surface area contributed by atoms with Gasteiger partial charge in [-0.2, -0.15) is 0 Å². The summed E-state index contributed by atoms with van der Waals surface area (Å²) in [5.41, 5.74) is 3.41. The number of halogens is 1. The lowest BCUT2D eigenvalue weighted by molar-refractivity contribution is 0.233. The number of rotatable bonds is 5. The smallest absolute Gasteiger partial charge is 0.188 e. The number of pyridine rings is 1. The Morgan fingerprint density at radius 1 is 1.22 bits per heavy atom. The molecule has 0 bridgehead atoms. The van der Waals surface area contributed by atoms with Gasteiger partial charge in [0.05, 0.1) is 5.69 Å². The lowest BCUT2D eigenvalue weighted by Gasteiger charge is -2.27. The molecule has 0 amide bonds. The monoisotopic (exact) mass is 491 g/mol. The Kier molecular flexibility index (Phi) is 6.01. The van der Waals surface area contributed by atoms with E-state index in [0.717, 1.165) is 54.9 Å². The Labute approximate surface area is 177 Å². The summed E-state index contributed by atoms with van der Waals surface area (Å²) < 4.78 is 1.21. The Morgan fingerprint density at radius 2 is 2.07 bits per heavy atom. The molecule has 140 valence electrons. The van der Waals surface area contributed by atoms with Crippen molar-refractivity contribution in [1.82, 2.24) is 20.2 Å². The lowest BCUT2D eigenvalue weighted by Crippen LogP contribution is -2.42. The maximum absolute atomic E-state index is 4.86. The molecule has 2 aromatic heterocycles. The predicted octanol–water partition coefficient (Wildman–Crippen LogP) is 4.27. The number of anilines is 2. The van der Waals surface area contributed by atoms with E-state index in [2.05, 4.69) is 86.4 Å². The van der Waals surface area contributed by atoms with E-state index in [4.69, 9.17) is 4.98 Å². The van der Waals surface area contributed by atoms with Crippen LogP contribution >= 0.6 is 33.9 Å². The Morgan fingerprint density at radius 3 is 2.81 bits per heavy atom. The van der Waals surface area contributed by atoms with Gasteiger partial charge < -0.3 is 10.6 Å². The molecule has 7 heteroatoms. The molecule has 1 fully saturated rings. The van der Waals surface area contributed by atoms with Gasteiger partial charge in [-0.05, 0) is 59.3 Å². The average Bonchev–Trinajstić information content (AvgIpc) is 3.07. The number of thiazole rings is 1. The number of nitrogens with zero attached hydrogens (tertiary/aromatic N) is 3. The van der Waals surface area contributed by atoms with Gasteiger partial charge in [-0.25, -0.2) is 9.97 Å². The number of aryl methyl sites for hydroxylation is 1. The van der Waals surface area contributed by atoms with E-state index in [1.165, 1.54) is 14.0 Å². The second kappa shape index (κ2) is 8.64. The van der Waals surface area contributed by atoms with Crippen molar-refractivity contribution in [2.24, 2.45) is 0 Å². The van der Waals surface area contributed by atoms with Gasteiger partial charge in [-0.1, -0.05) is 12.1 Å². The number of aromatic nitrogens is 2. The van der Waals surface area contributed by atoms with Crippen LogP contribution in [0.5, 0.6) is 0 Å². The van der Waals surface area contributed by atoms with Crippen molar-refractivity contribution >= 4 is 44.9 Å². The lowest BCUT2D eigenvalue weighted by atomic mass is 10.1. The van der Waals surface area contributed by atoms with Crippen molar-refractivity contribution in [3.05, 3.63) is 56.6 Å². The van der Waals surface area contributed by atoms with Gasteiger partial charge in [0.25, 0.3) is 0 Å². The Hall–Kier alpha value is -1.55. The largest absolute Gasteiger partial charge is 0.316 e. The van der Waals surface area contributed by atoms with Crippen LogP contribution in [-0.2, 0) is 6.54 Å². The van der Waals surface area contributed by atoms with Crippen LogP contribution in [0.2, 0.25) is 0 Å². The molecular formula is C20H22IN5S. The van der Waals surface area contributed by atoms with Crippen molar-refractivity contribution in [2.75, 3.05) is 31.5 Å². The van der Waals surface area contributed by atoms with Crippen LogP contribution in [0, 0.1) is 10.5 Å². The molecular weight excluding hydrogens is 469 g/mol. The maximum Gasteiger partial charge on any atom is 0.188 e. The number of hydrogen-bond acceptors (Lipinski definition) is 6. The van der Waals surface area contributed by atoms with E-state index >= 15 is 0 Å². The topological polar surface area (TPSA) is 53.1 Å². The van der Waals surface area contributed by atoms with E-state index in [9.17, 15) is 0 Å². The fourth-order valence-corrected chi connectivity index (χ4v) is 4.40. The standard InChI is InChI=1S/C20H22IN5S/c1-14-12-23-20(27-14)25-19-10-15(13-26-7-5-22-6-8-26)9-18(24-19)16-3-2-4-17(21)11-16/h2-4,9-12,22H,5-8,13H2,1H3,(H,23,24,25). The normalized spacial score (nSPS) is 15.0. The maximum atomic E-state index is 4.86. The Bertz CT molecular complexity index is 920. The summed E-state index contributed by atoms with van der Waals surface area (Å²) >= 11 is 3.99. The van der Waals surface area contributed by atoms with Crippen LogP contribution in [0.3, 0.4) is 0 Å². The van der Waals surface area contributed by atoms with Gasteiger partial charge in [0, 0.05) is 52.9 Å². The SMILES string of the molecule is Cc1cnc(Nc2cc(CN3CCNCC3)cc(-c3cccc(I)c3)n2)s1. The first-order valence-electron chi connectivity index (χ1n) is 9.05. The second-order valence-corrected chi connectivity index (χ2v) is 9.16. The number of nitrogens with one attached hydrogen (secondary N) is 2. The molecule has 0 aliphatic carbocycles. The Balaban J connectivity index is 1.66. The summed E-state index contributed by atoms with van der Waals surface area (Å²) in [4.78, 5) is 13.0. The minimum Gasteiger partial charge on any atom is -0.316 e. The molecule has 4 rings (SSSR count). The van der Waals surface area contributed by atoms with E-state index in [1.807, 2.05) is 6.20 Å². The van der Waals surface area contributed by atoms with Crippen molar-refractivity contribution in [3.63, 3.8) is 0 Å². The fourth-order valence-electron chi connectivity index (χ4n) is 3.19.